The van der Waals surface area contributed by atoms with Gasteiger partial charge < -0.3 is 5.11 Å². The van der Waals surface area contributed by atoms with Crippen LogP contribution in [0.4, 0.5) is 0 Å². The average molecular weight is 154 g/mol. The number of carboxylic acids is 1. The van der Waals surface area contributed by atoms with Crippen molar-refractivity contribution in [1.29, 1.82) is 0 Å². The van der Waals surface area contributed by atoms with E-state index >= 15 is 0 Å². The number of hydrogen-bond acceptors (Lipinski definition) is 1. The summed E-state index contributed by atoms with van der Waals surface area (Å²) in [7, 11) is 0. The molecule has 62 valence electrons. The minimum absolute atomic E-state index is 0.209. The molecule has 0 amide bonds. The van der Waals surface area contributed by atoms with Gasteiger partial charge in [-0.05, 0) is 25.7 Å². The van der Waals surface area contributed by atoms with Crippen molar-refractivity contribution in [3.05, 3.63) is 11.6 Å². The highest BCUT2D eigenvalue weighted by molar-refractivity contribution is 5.69. The second-order valence-corrected chi connectivity index (χ2v) is 3.20. The van der Waals surface area contributed by atoms with Crippen LogP contribution in [0.25, 0.3) is 0 Å². The molecule has 0 spiro atoms. The van der Waals surface area contributed by atoms with Gasteiger partial charge in [0.15, 0.2) is 0 Å². The van der Waals surface area contributed by atoms with Gasteiger partial charge in [0.05, 0.1) is 5.92 Å². The Bertz CT molecular complexity index is 182. The number of carbonyl (C=O) groups is 1. The van der Waals surface area contributed by atoms with Gasteiger partial charge >= 0.3 is 5.97 Å². The molecule has 2 heteroatoms. The second kappa shape index (κ2) is 3.56. The van der Waals surface area contributed by atoms with E-state index in [4.69, 9.17) is 5.11 Å². The number of aliphatic carboxylic acids is 1. The van der Waals surface area contributed by atoms with Crippen molar-refractivity contribution < 1.29 is 9.90 Å². The molecule has 1 aliphatic carbocycles. The van der Waals surface area contributed by atoms with Crippen molar-refractivity contribution in [1.82, 2.24) is 0 Å². The molecule has 1 atom stereocenters. The third-order valence-corrected chi connectivity index (χ3v) is 2.12. The van der Waals surface area contributed by atoms with Crippen LogP contribution in [-0.2, 0) is 4.79 Å². The number of rotatable bonds is 3. The van der Waals surface area contributed by atoms with Gasteiger partial charge in [0.1, 0.15) is 0 Å². The van der Waals surface area contributed by atoms with E-state index < -0.39 is 5.97 Å². The van der Waals surface area contributed by atoms with Crippen LogP contribution in [0.15, 0.2) is 11.6 Å². The third-order valence-electron chi connectivity index (χ3n) is 2.12. The zero-order valence-corrected chi connectivity index (χ0v) is 6.84. The van der Waals surface area contributed by atoms with E-state index in [-0.39, 0.29) is 5.92 Å². The summed E-state index contributed by atoms with van der Waals surface area (Å²) in [6, 6.07) is 0. The van der Waals surface area contributed by atoms with E-state index in [1.807, 2.05) is 0 Å². The quantitative estimate of drug-likeness (QED) is 0.633. The Kier molecular flexibility index (Phi) is 2.69. The van der Waals surface area contributed by atoms with Gasteiger partial charge in [0.2, 0.25) is 0 Å². The van der Waals surface area contributed by atoms with Crippen LogP contribution < -0.4 is 0 Å². The molecule has 0 fully saturated rings. The molecule has 0 aromatic heterocycles. The van der Waals surface area contributed by atoms with Crippen LogP contribution in [0.3, 0.4) is 0 Å². The summed E-state index contributed by atoms with van der Waals surface area (Å²) in [5.41, 5.74) is 1.33. The monoisotopic (exact) mass is 154 g/mol. The minimum Gasteiger partial charge on any atom is -0.481 e. The fraction of sp³-hybridized carbons (Fsp3) is 0.667. The summed E-state index contributed by atoms with van der Waals surface area (Å²) >= 11 is 0. The highest BCUT2D eigenvalue weighted by Crippen LogP contribution is 2.23. The highest BCUT2D eigenvalue weighted by Gasteiger charge is 2.14. The van der Waals surface area contributed by atoms with E-state index in [0.717, 1.165) is 19.3 Å². The van der Waals surface area contributed by atoms with Crippen LogP contribution in [0, 0.1) is 5.92 Å². The molecule has 0 saturated heterocycles. The van der Waals surface area contributed by atoms with E-state index in [9.17, 15) is 4.79 Å². The Morgan fingerprint density at radius 3 is 3.00 bits per heavy atom. The first-order valence-electron chi connectivity index (χ1n) is 4.11. The molecule has 1 N–H and O–H groups in total. The zero-order chi connectivity index (χ0) is 8.27. The van der Waals surface area contributed by atoms with Gasteiger partial charge in [-0.15, -0.1) is 0 Å². The van der Waals surface area contributed by atoms with Gasteiger partial charge in [-0.1, -0.05) is 18.6 Å². The number of hydrogen-bond donors (Lipinski definition) is 1. The van der Waals surface area contributed by atoms with Crippen LogP contribution in [-0.4, -0.2) is 11.1 Å². The maximum Gasteiger partial charge on any atom is 0.306 e. The SMILES string of the molecule is CC(CC1=CCCC1)C(=O)O. The second-order valence-electron chi connectivity index (χ2n) is 3.20. The topological polar surface area (TPSA) is 37.3 Å². The molecule has 0 aromatic rings. The molecule has 0 aliphatic heterocycles. The Hall–Kier alpha value is -0.790. The van der Waals surface area contributed by atoms with Crippen molar-refractivity contribution in [3.63, 3.8) is 0 Å². The van der Waals surface area contributed by atoms with Gasteiger partial charge in [-0.2, -0.15) is 0 Å². The summed E-state index contributed by atoms with van der Waals surface area (Å²) in [5, 5.41) is 8.62. The lowest BCUT2D eigenvalue weighted by Gasteiger charge is -2.05. The molecule has 11 heavy (non-hydrogen) atoms. The van der Waals surface area contributed by atoms with Gasteiger partial charge in [-0.25, -0.2) is 0 Å². The lowest BCUT2D eigenvalue weighted by molar-refractivity contribution is -0.141. The summed E-state index contributed by atoms with van der Waals surface area (Å²) < 4.78 is 0. The molecule has 0 bridgehead atoms. The molecule has 2 nitrogen and oxygen atoms in total. The van der Waals surface area contributed by atoms with Crippen molar-refractivity contribution in [2.75, 3.05) is 0 Å². The van der Waals surface area contributed by atoms with E-state index in [1.165, 1.54) is 12.0 Å². The smallest absolute Gasteiger partial charge is 0.306 e. The molecular formula is C9H14O2. The fourth-order valence-electron chi connectivity index (χ4n) is 1.40. The van der Waals surface area contributed by atoms with Crippen LogP contribution in [0.2, 0.25) is 0 Å². The van der Waals surface area contributed by atoms with Gasteiger partial charge in [0.25, 0.3) is 0 Å². The van der Waals surface area contributed by atoms with E-state index in [0.29, 0.717) is 0 Å². The maximum absolute atomic E-state index is 10.5. The molecule has 1 rings (SSSR count). The van der Waals surface area contributed by atoms with Gasteiger partial charge in [0, 0.05) is 0 Å². The standard InChI is InChI=1S/C9H14O2/c1-7(9(10)11)6-8-4-2-3-5-8/h4,7H,2-3,5-6H2,1H3,(H,10,11). The predicted molar refractivity (Wildman–Crippen MR) is 43.4 cm³/mol. The van der Waals surface area contributed by atoms with Crippen molar-refractivity contribution in [2.45, 2.75) is 32.6 Å². The third kappa shape index (κ3) is 2.37. The molecule has 1 aliphatic rings. The Balaban J connectivity index is 2.35. The molecule has 0 aromatic carbocycles. The first kappa shape index (κ1) is 8.31. The van der Waals surface area contributed by atoms with Crippen molar-refractivity contribution in [2.24, 2.45) is 5.92 Å². The molecule has 1 unspecified atom stereocenters. The lowest BCUT2D eigenvalue weighted by atomic mass is 10.0. The van der Waals surface area contributed by atoms with E-state index in [1.54, 1.807) is 6.92 Å². The summed E-state index contributed by atoms with van der Waals surface area (Å²) in [6.45, 7) is 1.77. The predicted octanol–water partition coefficient (Wildman–Crippen LogP) is 2.21. The fourth-order valence-corrected chi connectivity index (χ4v) is 1.40. The van der Waals surface area contributed by atoms with Crippen molar-refractivity contribution >= 4 is 5.97 Å². The molecule has 0 saturated carbocycles. The lowest BCUT2D eigenvalue weighted by Crippen LogP contribution is -2.09. The van der Waals surface area contributed by atoms with Gasteiger partial charge in [-0.3, -0.25) is 4.79 Å². The molecular weight excluding hydrogens is 140 g/mol. The number of allylic oxidation sites excluding steroid dienone is 2. The van der Waals surface area contributed by atoms with E-state index in [2.05, 4.69) is 6.08 Å². The number of carboxylic acid groups (broad SMARTS) is 1. The van der Waals surface area contributed by atoms with Crippen LogP contribution in [0.1, 0.15) is 32.6 Å². The Labute approximate surface area is 66.9 Å². The first-order chi connectivity index (χ1) is 5.20. The molecule has 0 radical (unpaired) electrons. The van der Waals surface area contributed by atoms with Crippen LogP contribution >= 0.6 is 0 Å². The Morgan fingerprint density at radius 1 is 1.82 bits per heavy atom. The maximum atomic E-state index is 10.5. The highest BCUT2D eigenvalue weighted by atomic mass is 16.4. The minimum atomic E-state index is -0.683. The van der Waals surface area contributed by atoms with Crippen LogP contribution in [0.5, 0.6) is 0 Å². The zero-order valence-electron chi connectivity index (χ0n) is 6.84. The summed E-state index contributed by atoms with van der Waals surface area (Å²) in [5.74, 6) is -0.892. The first-order valence-corrected chi connectivity index (χ1v) is 4.11. The summed E-state index contributed by atoms with van der Waals surface area (Å²) in [6.07, 6.45) is 6.38. The van der Waals surface area contributed by atoms with Crippen molar-refractivity contribution in [3.8, 4) is 0 Å². The normalized spacial score (nSPS) is 19.5. The molecule has 0 heterocycles. The average Bonchev–Trinajstić information content (AvgIpc) is 2.39. The summed E-state index contributed by atoms with van der Waals surface area (Å²) in [4.78, 5) is 10.5. The largest absolute Gasteiger partial charge is 0.481 e. The Morgan fingerprint density at radius 2 is 2.55 bits per heavy atom.